The fraction of sp³-hybridized carbons (Fsp3) is 0.500. The van der Waals surface area contributed by atoms with Gasteiger partial charge in [0, 0.05) is 12.1 Å². The summed E-state index contributed by atoms with van der Waals surface area (Å²) < 4.78 is 43.4. The van der Waals surface area contributed by atoms with Crippen LogP contribution in [0.25, 0.3) is 11.4 Å². The lowest BCUT2D eigenvalue weighted by Gasteiger charge is -2.26. The summed E-state index contributed by atoms with van der Waals surface area (Å²) in [7, 11) is 0. The zero-order valence-corrected chi connectivity index (χ0v) is 13.8. The molecule has 1 aromatic heterocycles. The summed E-state index contributed by atoms with van der Waals surface area (Å²) in [6.07, 6.45) is -4.42. The zero-order valence-electron chi connectivity index (χ0n) is 13.8. The minimum Gasteiger partial charge on any atom is -0.389 e. The number of rotatable bonds is 6. The lowest BCUT2D eigenvalue weighted by molar-refractivity contribution is -0.137. The summed E-state index contributed by atoms with van der Waals surface area (Å²) in [5, 5.41) is 13.6. The van der Waals surface area contributed by atoms with Crippen LogP contribution in [-0.4, -0.2) is 38.8 Å². The van der Waals surface area contributed by atoms with Crippen LogP contribution in [0.1, 0.15) is 32.2 Å². The number of aromatic nitrogens is 2. The molecule has 1 N–H and O–H groups in total. The monoisotopic (exact) mass is 343 g/mol. The zero-order chi connectivity index (χ0) is 18.0. The van der Waals surface area contributed by atoms with Crippen LogP contribution < -0.4 is 0 Å². The maximum absolute atomic E-state index is 12.8. The van der Waals surface area contributed by atoms with Crippen LogP contribution in [0.5, 0.6) is 0 Å². The predicted octanol–water partition coefficient (Wildman–Crippen LogP) is 3.35. The highest BCUT2D eigenvalue weighted by Gasteiger charge is 2.30. The normalized spacial score (nSPS) is 12.8. The summed E-state index contributed by atoms with van der Waals surface area (Å²) in [6.45, 7) is 6.69. The first kappa shape index (κ1) is 18.4. The summed E-state index contributed by atoms with van der Waals surface area (Å²) >= 11 is 0. The number of halogens is 3. The Kier molecular flexibility index (Phi) is 5.29. The molecule has 1 heterocycles. The molecule has 0 aliphatic rings. The van der Waals surface area contributed by atoms with Crippen molar-refractivity contribution in [3.8, 4) is 11.4 Å². The van der Waals surface area contributed by atoms with Gasteiger partial charge in [-0.25, -0.2) is 0 Å². The standard InChI is InChI=1S/C16H20F3N3O2/c1-4-22(10-15(2,3)23)9-13-20-14(21-24-13)11-6-5-7-12(8-11)16(17,18)19/h5-8,23H,4,9-10H2,1-3H3. The lowest BCUT2D eigenvalue weighted by Crippen LogP contribution is -2.38. The Hall–Kier alpha value is -1.93. The number of likely N-dealkylation sites (N-methyl/N-ethyl adjacent to an activating group) is 1. The molecule has 0 amide bonds. The minimum atomic E-state index is -4.42. The number of aliphatic hydroxyl groups is 1. The molecule has 132 valence electrons. The Balaban J connectivity index is 2.16. The van der Waals surface area contributed by atoms with Crippen molar-refractivity contribution in [2.24, 2.45) is 0 Å². The van der Waals surface area contributed by atoms with Gasteiger partial charge in [-0.05, 0) is 32.5 Å². The van der Waals surface area contributed by atoms with E-state index in [4.69, 9.17) is 4.52 Å². The van der Waals surface area contributed by atoms with E-state index in [0.717, 1.165) is 12.1 Å². The van der Waals surface area contributed by atoms with Gasteiger partial charge >= 0.3 is 6.18 Å². The maximum atomic E-state index is 12.8. The molecular weight excluding hydrogens is 323 g/mol. The third-order valence-electron chi connectivity index (χ3n) is 3.33. The van der Waals surface area contributed by atoms with Gasteiger partial charge in [0.25, 0.3) is 0 Å². The van der Waals surface area contributed by atoms with E-state index in [9.17, 15) is 18.3 Å². The molecule has 0 radical (unpaired) electrons. The first-order valence-corrected chi connectivity index (χ1v) is 7.53. The number of hydrogen-bond donors (Lipinski definition) is 1. The maximum Gasteiger partial charge on any atom is 0.416 e. The number of hydrogen-bond acceptors (Lipinski definition) is 5. The fourth-order valence-electron chi connectivity index (χ4n) is 2.29. The van der Waals surface area contributed by atoms with Crippen LogP contribution in [0.2, 0.25) is 0 Å². The van der Waals surface area contributed by atoms with Crippen LogP contribution >= 0.6 is 0 Å². The van der Waals surface area contributed by atoms with Gasteiger partial charge in [-0.1, -0.05) is 24.2 Å². The Bertz CT molecular complexity index is 678. The average Bonchev–Trinajstić information content (AvgIpc) is 2.93. The Morgan fingerprint density at radius 1 is 1.25 bits per heavy atom. The van der Waals surface area contributed by atoms with Crippen molar-refractivity contribution in [3.63, 3.8) is 0 Å². The first-order chi connectivity index (χ1) is 11.1. The highest BCUT2D eigenvalue weighted by atomic mass is 19.4. The molecule has 5 nitrogen and oxygen atoms in total. The summed E-state index contributed by atoms with van der Waals surface area (Å²) in [5.74, 6) is 0.393. The van der Waals surface area contributed by atoms with Gasteiger partial charge in [0.2, 0.25) is 11.7 Å². The van der Waals surface area contributed by atoms with Gasteiger partial charge in [-0.15, -0.1) is 0 Å². The van der Waals surface area contributed by atoms with Gasteiger partial charge in [0.1, 0.15) is 0 Å². The highest BCUT2D eigenvalue weighted by molar-refractivity contribution is 5.55. The lowest BCUT2D eigenvalue weighted by atomic mass is 10.1. The second-order valence-corrected chi connectivity index (χ2v) is 6.21. The quantitative estimate of drug-likeness (QED) is 0.871. The third-order valence-corrected chi connectivity index (χ3v) is 3.33. The average molecular weight is 343 g/mol. The van der Waals surface area contributed by atoms with E-state index in [0.29, 0.717) is 19.6 Å². The Morgan fingerprint density at radius 2 is 1.96 bits per heavy atom. The van der Waals surface area contributed by atoms with Crippen molar-refractivity contribution in [3.05, 3.63) is 35.7 Å². The molecule has 24 heavy (non-hydrogen) atoms. The SMILES string of the molecule is CCN(Cc1nc(-c2cccc(C(F)(F)F)c2)no1)CC(C)(C)O. The van der Waals surface area contributed by atoms with Crippen molar-refractivity contribution < 1.29 is 22.8 Å². The van der Waals surface area contributed by atoms with Crippen LogP contribution in [0, 0.1) is 0 Å². The van der Waals surface area contributed by atoms with Gasteiger partial charge in [-0.3, -0.25) is 4.90 Å². The molecule has 0 unspecified atom stereocenters. The van der Waals surface area contributed by atoms with Crippen molar-refractivity contribution in [1.29, 1.82) is 0 Å². The Labute approximate surface area is 138 Å². The van der Waals surface area contributed by atoms with E-state index in [1.165, 1.54) is 12.1 Å². The molecule has 1 aromatic carbocycles. The van der Waals surface area contributed by atoms with Crippen LogP contribution in [0.3, 0.4) is 0 Å². The van der Waals surface area contributed by atoms with Crippen molar-refractivity contribution in [2.75, 3.05) is 13.1 Å². The molecule has 0 saturated heterocycles. The van der Waals surface area contributed by atoms with Gasteiger partial charge in [0.05, 0.1) is 17.7 Å². The van der Waals surface area contributed by atoms with E-state index >= 15 is 0 Å². The molecule has 0 fully saturated rings. The van der Waals surface area contributed by atoms with Crippen LogP contribution in [-0.2, 0) is 12.7 Å². The number of nitrogens with zero attached hydrogens (tertiary/aromatic N) is 3. The summed E-state index contributed by atoms with van der Waals surface area (Å²) in [5.41, 5.74) is -1.39. The smallest absolute Gasteiger partial charge is 0.389 e. The second kappa shape index (κ2) is 6.90. The summed E-state index contributed by atoms with van der Waals surface area (Å²) in [4.78, 5) is 6.06. The van der Waals surface area contributed by atoms with E-state index in [1.54, 1.807) is 13.8 Å². The fourth-order valence-corrected chi connectivity index (χ4v) is 2.29. The molecule has 0 aliphatic heterocycles. The van der Waals surface area contributed by atoms with Crippen molar-refractivity contribution in [1.82, 2.24) is 15.0 Å². The van der Waals surface area contributed by atoms with Crippen LogP contribution in [0.15, 0.2) is 28.8 Å². The van der Waals surface area contributed by atoms with E-state index in [2.05, 4.69) is 10.1 Å². The van der Waals surface area contributed by atoms with E-state index < -0.39 is 17.3 Å². The van der Waals surface area contributed by atoms with E-state index in [1.807, 2.05) is 11.8 Å². The number of benzene rings is 1. The largest absolute Gasteiger partial charge is 0.416 e. The Morgan fingerprint density at radius 3 is 2.54 bits per heavy atom. The van der Waals surface area contributed by atoms with Crippen molar-refractivity contribution >= 4 is 0 Å². The van der Waals surface area contributed by atoms with Crippen LogP contribution in [0.4, 0.5) is 13.2 Å². The molecule has 2 rings (SSSR count). The molecular formula is C16H20F3N3O2. The predicted molar refractivity (Wildman–Crippen MR) is 82.0 cm³/mol. The minimum absolute atomic E-state index is 0.107. The molecule has 2 aromatic rings. The number of alkyl halides is 3. The second-order valence-electron chi connectivity index (χ2n) is 6.21. The third kappa shape index (κ3) is 5.04. The molecule has 0 spiro atoms. The molecule has 8 heteroatoms. The highest BCUT2D eigenvalue weighted by Crippen LogP contribution is 2.31. The molecule has 0 bridgehead atoms. The van der Waals surface area contributed by atoms with Gasteiger partial charge < -0.3 is 9.63 Å². The molecule has 0 saturated carbocycles. The molecule has 0 aliphatic carbocycles. The van der Waals surface area contributed by atoms with Crippen molar-refractivity contribution in [2.45, 2.75) is 39.1 Å². The van der Waals surface area contributed by atoms with Gasteiger partial charge in [0.15, 0.2) is 0 Å². The van der Waals surface area contributed by atoms with Gasteiger partial charge in [-0.2, -0.15) is 18.2 Å². The first-order valence-electron chi connectivity index (χ1n) is 7.53. The van der Waals surface area contributed by atoms with E-state index in [-0.39, 0.29) is 17.3 Å². The topological polar surface area (TPSA) is 62.4 Å². The summed E-state index contributed by atoms with van der Waals surface area (Å²) in [6, 6.07) is 4.79. The molecule has 0 atom stereocenters.